The van der Waals surface area contributed by atoms with E-state index in [2.05, 4.69) is 36.4 Å². The molecule has 1 amide bonds. The fourth-order valence-corrected chi connectivity index (χ4v) is 3.30. The molecule has 2 N–H and O–H groups in total. The van der Waals surface area contributed by atoms with Gasteiger partial charge in [-0.25, -0.2) is 13.8 Å². The van der Waals surface area contributed by atoms with Gasteiger partial charge in [0.2, 0.25) is 11.1 Å². The Morgan fingerprint density at radius 3 is 2.73 bits per heavy atom. The van der Waals surface area contributed by atoms with Crippen molar-refractivity contribution in [1.29, 1.82) is 0 Å². The van der Waals surface area contributed by atoms with Gasteiger partial charge in [-0.15, -0.1) is 5.10 Å². The van der Waals surface area contributed by atoms with Gasteiger partial charge in [-0.1, -0.05) is 42.1 Å². The summed E-state index contributed by atoms with van der Waals surface area (Å²) in [6, 6.07) is 11.6. The number of thioether (sulfide) groups is 1. The van der Waals surface area contributed by atoms with Crippen LogP contribution >= 0.6 is 27.7 Å². The van der Waals surface area contributed by atoms with Crippen molar-refractivity contribution in [3.8, 4) is 0 Å². The number of hydrogen-bond acceptors (Lipinski definition) is 4. The fourth-order valence-electron chi connectivity index (χ4n) is 2.18. The lowest BCUT2D eigenvalue weighted by atomic mass is 10.1. The van der Waals surface area contributed by atoms with Crippen molar-refractivity contribution >= 4 is 39.3 Å². The van der Waals surface area contributed by atoms with Crippen molar-refractivity contribution in [2.24, 2.45) is 0 Å². The number of amides is 1. The molecule has 0 aliphatic heterocycles. The highest BCUT2D eigenvalue weighted by Crippen LogP contribution is 2.27. The lowest BCUT2D eigenvalue weighted by molar-refractivity contribution is -0.113. The molecule has 5 nitrogen and oxygen atoms in total. The molecule has 1 aromatic heterocycles. The maximum absolute atomic E-state index is 13.7. The van der Waals surface area contributed by atoms with Crippen LogP contribution in [0.25, 0.3) is 0 Å². The molecule has 3 rings (SSSR count). The Morgan fingerprint density at radius 2 is 2.00 bits per heavy atom. The van der Waals surface area contributed by atoms with Crippen molar-refractivity contribution in [1.82, 2.24) is 15.2 Å². The number of anilines is 1. The highest BCUT2D eigenvalue weighted by Gasteiger charge is 2.14. The number of H-pyrrole nitrogens is 1. The number of hydrogen-bond donors (Lipinski definition) is 2. The van der Waals surface area contributed by atoms with Crippen molar-refractivity contribution in [3.05, 3.63) is 70.0 Å². The second-order valence-electron chi connectivity index (χ2n) is 5.31. The largest absolute Gasteiger partial charge is 0.322 e. The van der Waals surface area contributed by atoms with Crippen LogP contribution in [0, 0.1) is 11.6 Å². The van der Waals surface area contributed by atoms with E-state index in [0.29, 0.717) is 23.5 Å². The number of benzene rings is 2. The zero-order chi connectivity index (χ0) is 18.5. The predicted octanol–water partition coefficient (Wildman–Crippen LogP) is 4.17. The van der Waals surface area contributed by atoms with Gasteiger partial charge in [-0.2, -0.15) is 0 Å². The van der Waals surface area contributed by atoms with E-state index in [1.54, 1.807) is 0 Å². The Labute approximate surface area is 160 Å². The summed E-state index contributed by atoms with van der Waals surface area (Å²) in [4.78, 5) is 16.3. The topological polar surface area (TPSA) is 70.7 Å². The third-order valence-electron chi connectivity index (χ3n) is 3.33. The zero-order valence-electron chi connectivity index (χ0n) is 13.3. The number of halogens is 3. The van der Waals surface area contributed by atoms with Gasteiger partial charge in [0.25, 0.3) is 0 Å². The summed E-state index contributed by atoms with van der Waals surface area (Å²) in [6.45, 7) is 0. The standard InChI is InChI=1S/C17H13BrF2N4OS/c18-12-7-11(19)8-13(20)16(12)22-15(25)9-26-17-21-14(23-24-17)6-10-4-2-1-3-5-10/h1-5,7-8H,6,9H2,(H,22,25)(H,21,23,24). The first-order chi connectivity index (χ1) is 12.5. The van der Waals surface area contributed by atoms with E-state index in [-0.39, 0.29) is 15.9 Å². The molecule has 0 saturated heterocycles. The average molecular weight is 439 g/mol. The van der Waals surface area contributed by atoms with Gasteiger partial charge in [0, 0.05) is 17.0 Å². The highest BCUT2D eigenvalue weighted by molar-refractivity contribution is 9.10. The molecule has 0 saturated carbocycles. The molecule has 0 bridgehead atoms. The van der Waals surface area contributed by atoms with Crippen LogP contribution in [0.4, 0.5) is 14.5 Å². The van der Waals surface area contributed by atoms with Crippen LogP contribution in [-0.2, 0) is 11.2 Å². The summed E-state index contributed by atoms with van der Waals surface area (Å²) in [7, 11) is 0. The third-order valence-corrected chi connectivity index (χ3v) is 4.80. The van der Waals surface area contributed by atoms with E-state index < -0.39 is 17.5 Å². The first kappa shape index (κ1) is 18.5. The van der Waals surface area contributed by atoms with Gasteiger partial charge in [0.05, 0.1) is 11.4 Å². The predicted molar refractivity (Wildman–Crippen MR) is 99.0 cm³/mol. The minimum Gasteiger partial charge on any atom is -0.322 e. The van der Waals surface area contributed by atoms with Gasteiger partial charge in [0.1, 0.15) is 11.6 Å². The van der Waals surface area contributed by atoms with Crippen LogP contribution in [-0.4, -0.2) is 26.8 Å². The number of aromatic nitrogens is 3. The number of rotatable bonds is 6. The molecule has 0 spiro atoms. The number of carbonyl (C=O) groups excluding carboxylic acids is 1. The molecule has 3 aromatic rings. The van der Waals surface area contributed by atoms with E-state index in [9.17, 15) is 13.6 Å². The van der Waals surface area contributed by atoms with E-state index >= 15 is 0 Å². The number of nitrogens with one attached hydrogen (secondary N) is 2. The molecule has 1 heterocycles. The Balaban J connectivity index is 1.55. The van der Waals surface area contributed by atoms with Crippen molar-refractivity contribution < 1.29 is 13.6 Å². The van der Waals surface area contributed by atoms with E-state index in [1.807, 2.05) is 30.3 Å². The molecule has 0 atom stereocenters. The van der Waals surface area contributed by atoms with Gasteiger partial charge < -0.3 is 5.32 Å². The van der Waals surface area contributed by atoms with Crippen molar-refractivity contribution in [2.45, 2.75) is 11.6 Å². The van der Waals surface area contributed by atoms with Gasteiger partial charge in [-0.05, 0) is 27.6 Å². The van der Waals surface area contributed by atoms with Crippen LogP contribution in [0.2, 0.25) is 0 Å². The lowest BCUT2D eigenvalue weighted by Gasteiger charge is -2.08. The first-order valence-corrected chi connectivity index (χ1v) is 9.31. The Kier molecular flexibility index (Phi) is 6.00. The Hall–Kier alpha value is -2.26. The SMILES string of the molecule is O=C(CSc1n[nH]c(Cc2ccccc2)n1)Nc1c(F)cc(F)cc1Br. The minimum absolute atomic E-state index is 0.00805. The van der Waals surface area contributed by atoms with Crippen LogP contribution in [0.3, 0.4) is 0 Å². The van der Waals surface area contributed by atoms with Crippen LogP contribution in [0.5, 0.6) is 0 Å². The Bertz CT molecular complexity index is 897. The third kappa shape index (κ3) is 4.89. The first-order valence-electron chi connectivity index (χ1n) is 7.53. The maximum Gasteiger partial charge on any atom is 0.234 e. The van der Waals surface area contributed by atoms with Crippen LogP contribution in [0.15, 0.2) is 52.1 Å². The molecule has 0 aliphatic rings. The van der Waals surface area contributed by atoms with Crippen molar-refractivity contribution in [2.75, 3.05) is 11.1 Å². The van der Waals surface area contributed by atoms with Crippen LogP contribution < -0.4 is 5.32 Å². The highest BCUT2D eigenvalue weighted by atomic mass is 79.9. The molecular formula is C17H13BrF2N4OS. The molecular weight excluding hydrogens is 426 g/mol. The van der Waals surface area contributed by atoms with Gasteiger partial charge in [-0.3, -0.25) is 9.89 Å². The molecule has 26 heavy (non-hydrogen) atoms. The number of carbonyl (C=O) groups is 1. The quantitative estimate of drug-likeness (QED) is 0.566. The average Bonchev–Trinajstić information content (AvgIpc) is 3.04. The minimum atomic E-state index is -0.849. The molecule has 134 valence electrons. The zero-order valence-corrected chi connectivity index (χ0v) is 15.7. The van der Waals surface area contributed by atoms with Gasteiger partial charge in [0.15, 0.2) is 5.82 Å². The molecule has 0 aliphatic carbocycles. The normalized spacial score (nSPS) is 10.7. The summed E-state index contributed by atoms with van der Waals surface area (Å²) in [6.07, 6.45) is 0.605. The molecule has 0 unspecified atom stereocenters. The summed E-state index contributed by atoms with van der Waals surface area (Å²) in [5.41, 5.74) is 0.992. The molecule has 2 aromatic carbocycles. The second-order valence-corrected chi connectivity index (χ2v) is 7.11. The smallest absolute Gasteiger partial charge is 0.234 e. The molecule has 9 heteroatoms. The van der Waals surface area contributed by atoms with Gasteiger partial charge >= 0.3 is 0 Å². The van der Waals surface area contributed by atoms with E-state index in [1.165, 1.54) is 0 Å². The second kappa shape index (κ2) is 8.41. The van der Waals surface area contributed by atoms with Crippen LogP contribution in [0.1, 0.15) is 11.4 Å². The summed E-state index contributed by atoms with van der Waals surface area (Å²) >= 11 is 4.14. The molecule has 0 radical (unpaired) electrons. The summed E-state index contributed by atoms with van der Waals surface area (Å²) < 4.78 is 26.9. The number of nitrogens with zero attached hydrogens (tertiary/aromatic N) is 2. The van der Waals surface area contributed by atoms with E-state index in [0.717, 1.165) is 23.4 Å². The Morgan fingerprint density at radius 1 is 1.23 bits per heavy atom. The fraction of sp³-hybridized carbons (Fsp3) is 0.118. The van der Waals surface area contributed by atoms with Crippen molar-refractivity contribution in [3.63, 3.8) is 0 Å². The summed E-state index contributed by atoms with van der Waals surface area (Å²) in [5.74, 6) is -1.35. The molecule has 0 fully saturated rings. The summed E-state index contributed by atoms with van der Waals surface area (Å²) in [5, 5.41) is 9.71. The monoisotopic (exact) mass is 438 g/mol. The maximum atomic E-state index is 13.7. The lowest BCUT2D eigenvalue weighted by Crippen LogP contribution is -2.15. The van der Waals surface area contributed by atoms with E-state index in [4.69, 9.17) is 0 Å². The number of aromatic amines is 1.